The zero-order chi connectivity index (χ0) is 35.0. The number of carbonyl (C=O) groups is 2. The number of nitrogens with one attached hydrogen (secondary N) is 2. The highest BCUT2D eigenvalue weighted by atomic mass is 19.4. The van der Waals surface area contributed by atoms with Crippen molar-refractivity contribution in [2.75, 3.05) is 39.9 Å². The highest BCUT2D eigenvalue weighted by Crippen LogP contribution is 2.43. The number of aromatic nitrogens is 4. The lowest BCUT2D eigenvalue weighted by atomic mass is 9.84. The van der Waals surface area contributed by atoms with Gasteiger partial charge in [0, 0.05) is 58.2 Å². The smallest absolute Gasteiger partial charge is 0.381 e. The maximum atomic E-state index is 13.8. The number of rotatable bonds is 10. The number of hydrogen-bond acceptors (Lipinski definition) is 8. The molecule has 17 heteroatoms. The predicted molar refractivity (Wildman–Crippen MR) is 161 cm³/mol. The number of likely N-dealkylation sites (N-methyl/N-ethyl adjacent to an activating group) is 2. The van der Waals surface area contributed by atoms with E-state index in [0.29, 0.717) is 56.2 Å². The van der Waals surface area contributed by atoms with Gasteiger partial charge in [-0.15, -0.1) is 0 Å². The van der Waals surface area contributed by atoms with Gasteiger partial charge in [0.25, 0.3) is 11.7 Å². The van der Waals surface area contributed by atoms with Gasteiger partial charge in [0.2, 0.25) is 5.91 Å². The van der Waals surface area contributed by atoms with Gasteiger partial charge in [0.15, 0.2) is 0 Å². The lowest BCUT2D eigenvalue weighted by molar-refractivity contribution is -0.214. The summed E-state index contributed by atoms with van der Waals surface area (Å²) in [5, 5.41) is 13.5. The van der Waals surface area contributed by atoms with E-state index in [0.717, 1.165) is 13.8 Å². The van der Waals surface area contributed by atoms with E-state index in [2.05, 4.69) is 20.7 Å². The molecule has 3 atom stereocenters. The van der Waals surface area contributed by atoms with Crippen LogP contribution in [0.1, 0.15) is 81.9 Å². The van der Waals surface area contributed by atoms with Crippen molar-refractivity contribution in [1.29, 1.82) is 0 Å². The first-order chi connectivity index (χ1) is 22.5. The molecule has 2 amide bonds. The molecular formula is C31H42F6N8O3. The summed E-state index contributed by atoms with van der Waals surface area (Å²) < 4.78 is 89.1. The maximum Gasteiger partial charge on any atom is 0.393 e. The summed E-state index contributed by atoms with van der Waals surface area (Å²) in [5.41, 5.74) is -0.600. The van der Waals surface area contributed by atoms with Crippen molar-refractivity contribution >= 4 is 17.6 Å². The predicted octanol–water partition coefficient (Wildman–Crippen LogP) is 4.47. The van der Waals surface area contributed by atoms with Crippen LogP contribution >= 0.6 is 0 Å². The number of carbonyl (C=O) groups excluding carboxylic acids is 2. The second kappa shape index (κ2) is 13.8. The highest BCUT2D eigenvalue weighted by molar-refractivity contribution is 5.93. The number of amides is 2. The molecule has 2 aromatic heterocycles. The number of halogens is 6. The van der Waals surface area contributed by atoms with Crippen LogP contribution in [0, 0.1) is 17.3 Å². The molecule has 5 rings (SSSR count). The molecule has 48 heavy (non-hydrogen) atoms. The van der Waals surface area contributed by atoms with Crippen molar-refractivity contribution in [3.63, 3.8) is 0 Å². The van der Waals surface area contributed by atoms with Gasteiger partial charge in [0.05, 0.1) is 40.7 Å². The lowest BCUT2D eigenvalue weighted by Crippen LogP contribution is -2.47. The third-order valence-corrected chi connectivity index (χ3v) is 9.67. The third-order valence-electron chi connectivity index (χ3n) is 9.67. The SMILES string of the molecule is CCN1C(C(=O)N[C@@H](CCC(C)(C)C(F)(F)F)c2cn3nc(C[C@H]4C[C@@H](C(F)(F)F)CNC4=O)c(C4CCOCC4)nc3n2)=CCN1C. The monoisotopic (exact) mass is 688 g/mol. The van der Waals surface area contributed by atoms with Crippen LogP contribution in [-0.4, -0.2) is 93.7 Å². The number of hydrogen-bond donors (Lipinski definition) is 2. The van der Waals surface area contributed by atoms with E-state index in [1.165, 1.54) is 10.7 Å². The highest BCUT2D eigenvalue weighted by Gasteiger charge is 2.47. The van der Waals surface area contributed by atoms with Gasteiger partial charge in [-0.25, -0.2) is 19.5 Å². The number of piperidine rings is 1. The van der Waals surface area contributed by atoms with Crippen molar-refractivity contribution in [2.24, 2.45) is 17.3 Å². The summed E-state index contributed by atoms with van der Waals surface area (Å²) in [6.07, 6.45) is -5.48. The van der Waals surface area contributed by atoms with Gasteiger partial charge in [-0.05, 0) is 45.1 Å². The van der Waals surface area contributed by atoms with E-state index in [-0.39, 0.29) is 43.1 Å². The standard InChI is InChI=1S/C31H42F6N8O3/c1-5-45-24(7-11-43(45)4)27(47)39-21(6-10-29(2,3)31(35,36)37)23-17-44-28(40-23)41-25(18-8-12-48-13-9-18)22(42-44)15-19-14-20(30(32,33)34)16-38-26(19)46/h7,17-21H,5-6,8-16H2,1-4H3,(H,38,46)(H,39,47)/t19-,20-,21+/m1/s1. The molecule has 2 saturated heterocycles. The van der Waals surface area contributed by atoms with Crippen LogP contribution < -0.4 is 10.6 Å². The molecule has 0 bridgehead atoms. The number of hydrazine groups is 1. The molecule has 2 fully saturated rings. The summed E-state index contributed by atoms with van der Waals surface area (Å²) in [5.74, 6) is -3.67. The Labute approximate surface area is 274 Å². The molecule has 2 aromatic rings. The van der Waals surface area contributed by atoms with Crippen LogP contribution in [0.4, 0.5) is 26.3 Å². The molecule has 0 aliphatic carbocycles. The van der Waals surface area contributed by atoms with E-state index < -0.39 is 54.0 Å². The minimum Gasteiger partial charge on any atom is -0.381 e. The van der Waals surface area contributed by atoms with E-state index in [9.17, 15) is 35.9 Å². The second-order valence-electron chi connectivity index (χ2n) is 13.5. The van der Waals surface area contributed by atoms with Gasteiger partial charge in [-0.2, -0.15) is 31.4 Å². The molecule has 0 unspecified atom stereocenters. The molecule has 3 aliphatic rings. The van der Waals surface area contributed by atoms with E-state index in [1.54, 1.807) is 11.1 Å². The first-order valence-electron chi connectivity index (χ1n) is 16.2. The van der Waals surface area contributed by atoms with Crippen molar-refractivity contribution < 1.29 is 40.7 Å². The molecule has 266 valence electrons. The Bertz CT molecular complexity index is 1520. The molecule has 0 saturated carbocycles. The van der Waals surface area contributed by atoms with E-state index in [1.807, 2.05) is 19.0 Å². The maximum absolute atomic E-state index is 13.8. The van der Waals surface area contributed by atoms with Gasteiger partial charge in [-0.3, -0.25) is 9.59 Å². The Morgan fingerprint density at radius 3 is 2.50 bits per heavy atom. The first kappa shape index (κ1) is 35.8. The largest absolute Gasteiger partial charge is 0.393 e. The zero-order valence-electron chi connectivity index (χ0n) is 27.4. The van der Waals surface area contributed by atoms with Gasteiger partial charge in [-0.1, -0.05) is 13.8 Å². The number of alkyl halides is 6. The Morgan fingerprint density at radius 1 is 1.15 bits per heavy atom. The van der Waals surface area contributed by atoms with E-state index >= 15 is 0 Å². The minimum atomic E-state index is -4.48. The molecule has 0 aromatic carbocycles. The number of fused-ring (bicyclic) bond motifs is 1. The summed E-state index contributed by atoms with van der Waals surface area (Å²) in [6, 6.07) is -0.945. The van der Waals surface area contributed by atoms with Gasteiger partial charge < -0.3 is 20.4 Å². The normalized spacial score (nSPS) is 22.6. The fraction of sp³-hybridized carbons (Fsp3) is 0.710. The van der Waals surface area contributed by atoms with E-state index in [4.69, 9.17) is 9.72 Å². The number of nitrogens with zero attached hydrogens (tertiary/aromatic N) is 6. The summed E-state index contributed by atoms with van der Waals surface area (Å²) in [7, 11) is 1.82. The van der Waals surface area contributed by atoms with Crippen LogP contribution in [0.25, 0.3) is 5.78 Å². The zero-order valence-corrected chi connectivity index (χ0v) is 27.4. The molecule has 11 nitrogen and oxygen atoms in total. The Morgan fingerprint density at radius 2 is 1.85 bits per heavy atom. The molecule has 0 spiro atoms. The lowest BCUT2D eigenvalue weighted by Gasteiger charge is -2.31. The number of ether oxygens (including phenoxy) is 1. The molecule has 5 heterocycles. The molecule has 0 radical (unpaired) electrons. The van der Waals surface area contributed by atoms with Gasteiger partial charge in [0.1, 0.15) is 5.70 Å². The van der Waals surface area contributed by atoms with Crippen LogP contribution in [0.3, 0.4) is 0 Å². The second-order valence-corrected chi connectivity index (χ2v) is 13.5. The van der Waals surface area contributed by atoms with Crippen LogP contribution in [0.2, 0.25) is 0 Å². The average molecular weight is 689 g/mol. The fourth-order valence-electron chi connectivity index (χ4n) is 6.46. The van der Waals surface area contributed by atoms with Crippen molar-refractivity contribution in [3.8, 4) is 0 Å². The molecular weight excluding hydrogens is 646 g/mol. The van der Waals surface area contributed by atoms with Crippen molar-refractivity contribution in [1.82, 2.24) is 40.2 Å². The minimum absolute atomic E-state index is 0.0873. The van der Waals surface area contributed by atoms with Crippen LogP contribution in [0.5, 0.6) is 0 Å². The van der Waals surface area contributed by atoms with Crippen LogP contribution in [0.15, 0.2) is 18.0 Å². The Kier molecular flexibility index (Phi) is 10.3. The third kappa shape index (κ3) is 7.71. The van der Waals surface area contributed by atoms with Crippen molar-refractivity contribution in [3.05, 3.63) is 35.1 Å². The number of imidazole rings is 1. The summed E-state index contributed by atoms with van der Waals surface area (Å²) >= 11 is 0. The quantitative estimate of drug-likeness (QED) is 0.352. The Hall–Kier alpha value is -3.47. The average Bonchev–Trinajstić information content (AvgIpc) is 3.61. The first-order valence-corrected chi connectivity index (χ1v) is 16.2. The fourth-order valence-corrected chi connectivity index (χ4v) is 6.46. The summed E-state index contributed by atoms with van der Waals surface area (Å²) in [4.78, 5) is 35.6. The molecule has 2 N–H and O–H groups in total. The summed E-state index contributed by atoms with van der Waals surface area (Å²) in [6.45, 7) is 5.48. The Balaban J connectivity index is 1.50. The molecule has 3 aliphatic heterocycles. The van der Waals surface area contributed by atoms with Crippen LogP contribution in [-0.2, 0) is 20.7 Å². The van der Waals surface area contributed by atoms with Crippen molar-refractivity contribution in [2.45, 2.75) is 83.6 Å². The topological polar surface area (TPSA) is 117 Å². The van der Waals surface area contributed by atoms with Gasteiger partial charge >= 0.3 is 12.4 Å².